The Morgan fingerprint density at radius 1 is 1.12 bits per heavy atom. The third kappa shape index (κ3) is 4.10. The Morgan fingerprint density at radius 3 is 2.44 bits per heavy atom. The number of benzene rings is 1. The van der Waals surface area contributed by atoms with E-state index in [4.69, 9.17) is 4.74 Å². The summed E-state index contributed by atoms with van der Waals surface area (Å²) >= 11 is 0. The van der Waals surface area contributed by atoms with Crippen molar-refractivity contribution in [3.63, 3.8) is 0 Å². The van der Waals surface area contributed by atoms with Gasteiger partial charge in [0, 0.05) is 32.1 Å². The van der Waals surface area contributed by atoms with Gasteiger partial charge in [0.15, 0.2) is 0 Å². The van der Waals surface area contributed by atoms with Crippen molar-refractivity contribution < 1.29 is 19.1 Å². The van der Waals surface area contributed by atoms with E-state index in [0.717, 1.165) is 24.3 Å². The highest BCUT2D eigenvalue weighted by atomic mass is 16.5. The van der Waals surface area contributed by atoms with Gasteiger partial charge >= 0.3 is 0 Å². The number of amides is 2. The number of hydrogen-bond donors (Lipinski definition) is 1. The molecular weight excluding hydrogens is 322 g/mol. The molecule has 2 amide bonds. The fourth-order valence-corrected chi connectivity index (χ4v) is 2.97. The van der Waals surface area contributed by atoms with Crippen molar-refractivity contribution in [3.8, 4) is 5.75 Å². The zero-order valence-corrected chi connectivity index (χ0v) is 14.4. The average molecular weight is 345 g/mol. The molecule has 1 aromatic carbocycles. The quantitative estimate of drug-likeness (QED) is 0.757. The first kappa shape index (κ1) is 17.3. The smallest absolute Gasteiger partial charge is 0.288 e. The molecule has 1 saturated heterocycles. The molecule has 2 fully saturated rings. The monoisotopic (exact) mass is 345 g/mol. The molecule has 1 aliphatic heterocycles. The van der Waals surface area contributed by atoms with E-state index in [9.17, 15) is 14.4 Å². The molecule has 1 N–H and O–H groups in total. The Hall–Kier alpha value is -2.57. The lowest BCUT2D eigenvalue weighted by Crippen LogP contribution is -2.51. The molecule has 0 aromatic heterocycles. The van der Waals surface area contributed by atoms with E-state index >= 15 is 0 Å². The number of para-hydroxylation sites is 2. The van der Waals surface area contributed by atoms with E-state index in [0.29, 0.717) is 26.2 Å². The van der Waals surface area contributed by atoms with Gasteiger partial charge in [-0.25, -0.2) is 0 Å². The molecule has 3 rings (SSSR count). The molecular formula is C18H23N3O4. The van der Waals surface area contributed by atoms with Crippen LogP contribution >= 0.6 is 0 Å². The van der Waals surface area contributed by atoms with Gasteiger partial charge in [0.25, 0.3) is 5.91 Å². The second kappa shape index (κ2) is 7.55. The number of hydrogen-bond acceptors (Lipinski definition) is 5. The van der Waals surface area contributed by atoms with E-state index in [1.165, 1.54) is 0 Å². The zero-order chi connectivity index (χ0) is 17.8. The minimum absolute atomic E-state index is 0.119. The van der Waals surface area contributed by atoms with Crippen molar-refractivity contribution in [3.05, 3.63) is 24.3 Å². The lowest BCUT2D eigenvalue weighted by Gasteiger charge is -2.36. The van der Waals surface area contributed by atoms with Gasteiger partial charge in [-0.2, -0.15) is 0 Å². The van der Waals surface area contributed by atoms with Gasteiger partial charge in [0.05, 0.1) is 19.3 Å². The van der Waals surface area contributed by atoms with Crippen LogP contribution in [0, 0.1) is 5.92 Å². The number of nitrogens with zero attached hydrogens (tertiary/aromatic N) is 2. The lowest BCUT2D eigenvalue weighted by molar-refractivity contribution is -0.140. The minimum atomic E-state index is -0.636. The molecule has 134 valence electrons. The van der Waals surface area contributed by atoms with E-state index in [1.54, 1.807) is 12.0 Å². The van der Waals surface area contributed by atoms with Gasteiger partial charge in [-0.15, -0.1) is 0 Å². The minimum Gasteiger partial charge on any atom is -0.495 e. The molecule has 0 bridgehead atoms. The van der Waals surface area contributed by atoms with Crippen LogP contribution in [0.4, 0.5) is 5.69 Å². The molecule has 0 radical (unpaired) electrons. The normalized spacial score (nSPS) is 17.2. The third-order valence-corrected chi connectivity index (χ3v) is 4.63. The van der Waals surface area contributed by atoms with Gasteiger partial charge in [-0.3, -0.25) is 14.4 Å². The van der Waals surface area contributed by atoms with Gasteiger partial charge in [-0.05, 0) is 25.0 Å². The first-order valence-corrected chi connectivity index (χ1v) is 8.58. The van der Waals surface area contributed by atoms with Gasteiger partial charge in [0.2, 0.25) is 11.7 Å². The number of anilines is 1. The summed E-state index contributed by atoms with van der Waals surface area (Å²) in [6.07, 6.45) is 1.57. The summed E-state index contributed by atoms with van der Waals surface area (Å²) in [5.41, 5.74) is 1.01. The number of nitrogens with one attached hydrogen (secondary N) is 1. The van der Waals surface area contributed by atoms with Crippen LogP contribution in [0.25, 0.3) is 0 Å². The highest BCUT2D eigenvalue weighted by Crippen LogP contribution is 2.30. The summed E-state index contributed by atoms with van der Waals surface area (Å²) in [5.74, 6) is -0.499. The van der Waals surface area contributed by atoms with Crippen molar-refractivity contribution in [2.24, 2.45) is 5.92 Å². The summed E-state index contributed by atoms with van der Waals surface area (Å²) in [6, 6.07) is 7.80. The predicted molar refractivity (Wildman–Crippen MR) is 92.5 cm³/mol. The molecule has 2 aliphatic rings. The van der Waals surface area contributed by atoms with Crippen molar-refractivity contribution >= 4 is 23.3 Å². The SMILES string of the molecule is COc1ccccc1N1CCN(C(=O)CNC(=O)C(=O)C2CC2)CC1. The molecule has 0 spiro atoms. The number of methoxy groups -OCH3 is 1. The zero-order valence-electron chi connectivity index (χ0n) is 14.4. The molecule has 7 heteroatoms. The Balaban J connectivity index is 1.47. The fourth-order valence-electron chi connectivity index (χ4n) is 2.97. The molecule has 0 atom stereocenters. The second-order valence-electron chi connectivity index (χ2n) is 6.36. The number of carbonyl (C=O) groups is 3. The maximum Gasteiger partial charge on any atom is 0.288 e. The molecule has 7 nitrogen and oxygen atoms in total. The third-order valence-electron chi connectivity index (χ3n) is 4.63. The molecule has 1 saturated carbocycles. The number of Topliss-reactive ketones (excluding diaryl/α,β-unsaturated/α-hetero) is 1. The number of piperazine rings is 1. The van der Waals surface area contributed by atoms with Crippen LogP contribution in [0.2, 0.25) is 0 Å². The number of ketones is 1. The summed E-state index contributed by atoms with van der Waals surface area (Å²) < 4.78 is 5.38. The summed E-state index contributed by atoms with van der Waals surface area (Å²) in [6.45, 7) is 2.42. The number of ether oxygens (including phenoxy) is 1. The lowest BCUT2D eigenvalue weighted by atomic mass is 10.2. The van der Waals surface area contributed by atoms with Crippen molar-refractivity contribution in [1.29, 1.82) is 0 Å². The standard InChI is InChI=1S/C18H23N3O4/c1-25-15-5-3-2-4-14(15)20-8-10-21(11-9-20)16(22)12-19-18(24)17(23)13-6-7-13/h2-5,13H,6-12H2,1H3,(H,19,24). The van der Waals surface area contributed by atoms with Crippen molar-refractivity contribution in [2.75, 3.05) is 44.7 Å². The Labute approximate surface area is 146 Å². The van der Waals surface area contributed by atoms with Crippen LogP contribution in [0.15, 0.2) is 24.3 Å². The molecule has 0 unspecified atom stereocenters. The molecule has 25 heavy (non-hydrogen) atoms. The maximum absolute atomic E-state index is 12.2. The predicted octanol–water partition coefficient (Wildman–Crippen LogP) is 0.439. The fraction of sp³-hybridized carbons (Fsp3) is 0.500. The van der Waals surface area contributed by atoms with E-state index in [-0.39, 0.29) is 18.4 Å². The average Bonchev–Trinajstić information content (AvgIpc) is 3.50. The van der Waals surface area contributed by atoms with Gasteiger partial charge in [0.1, 0.15) is 5.75 Å². The van der Waals surface area contributed by atoms with Crippen LogP contribution in [0.5, 0.6) is 5.75 Å². The number of rotatable bonds is 6. The van der Waals surface area contributed by atoms with E-state index < -0.39 is 11.7 Å². The number of carbonyl (C=O) groups excluding carboxylic acids is 3. The van der Waals surface area contributed by atoms with Crippen LogP contribution in [0.3, 0.4) is 0 Å². The topological polar surface area (TPSA) is 79.0 Å². The highest BCUT2D eigenvalue weighted by molar-refractivity contribution is 6.37. The second-order valence-corrected chi connectivity index (χ2v) is 6.36. The van der Waals surface area contributed by atoms with Crippen LogP contribution in [-0.4, -0.2) is 62.3 Å². The molecule has 1 aliphatic carbocycles. The van der Waals surface area contributed by atoms with Crippen LogP contribution in [-0.2, 0) is 14.4 Å². The maximum atomic E-state index is 12.2. The molecule has 1 heterocycles. The Morgan fingerprint density at radius 2 is 1.80 bits per heavy atom. The molecule has 1 aromatic rings. The van der Waals surface area contributed by atoms with Crippen LogP contribution in [0.1, 0.15) is 12.8 Å². The van der Waals surface area contributed by atoms with E-state index in [1.807, 2.05) is 24.3 Å². The van der Waals surface area contributed by atoms with Gasteiger partial charge < -0.3 is 19.9 Å². The largest absolute Gasteiger partial charge is 0.495 e. The first-order chi connectivity index (χ1) is 12.1. The Kier molecular flexibility index (Phi) is 5.21. The van der Waals surface area contributed by atoms with Crippen molar-refractivity contribution in [1.82, 2.24) is 10.2 Å². The highest BCUT2D eigenvalue weighted by Gasteiger charge is 2.34. The van der Waals surface area contributed by atoms with Crippen LogP contribution < -0.4 is 15.0 Å². The van der Waals surface area contributed by atoms with Crippen molar-refractivity contribution in [2.45, 2.75) is 12.8 Å². The summed E-state index contributed by atoms with van der Waals surface area (Å²) in [5, 5.41) is 2.45. The Bertz CT molecular complexity index is 664. The first-order valence-electron chi connectivity index (χ1n) is 8.58. The summed E-state index contributed by atoms with van der Waals surface area (Å²) in [4.78, 5) is 39.4. The van der Waals surface area contributed by atoms with E-state index in [2.05, 4.69) is 10.2 Å². The van der Waals surface area contributed by atoms with Gasteiger partial charge in [-0.1, -0.05) is 12.1 Å². The summed E-state index contributed by atoms with van der Waals surface area (Å²) in [7, 11) is 1.64.